The van der Waals surface area contributed by atoms with Gasteiger partial charge in [-0.25, -0.2) is 9.67 Å². The van der Waals surface area contributed by atoms with Gasteiger partial charge < -0.3 is 10.1 Å². The van der Waals surface area contributed by atoms with Gasteiger partial charge in [-0.1, -0.05) is 12.1 Å². The van der Waals surface area contributed by atoms with Crippen LogP contribution in [0.1, 0.15) is 10.5 Å². The SMILES string of the molecule is O=C(Nc1cccc(OCCn2cncn2)c1)c1ccccn1. The van der Waals surface area contributed by atoms with Gasteiger partial charge in [0.15, 0.2) is 0 Å². The average Bonchev–Trinajstić information content (AvgIpc) is 3.09. The van der Waals surface area contributed by atoms with E-state index in [-0.39, 0.29) is 5.91 Å². The van der Waals surface area contributed by atoms with E-state index in [1.807, 2.05) is 12.1 Å². The lowest BCUT2D eigenvalue weighted by Crippen LogP contribution is -2.13. The zero-order chi connectivity index (χ0) is 15.9. The van der Waals surface area contributed by atoms with Gasteiger partial charge in [0, 0.05) is 18.0 Å². The van der Waals surface area contributed by atoms with E-state index < -0.39 is 0 Å². The molecule has 1 amide bonds. The number of carbonyl (C=O) groups excluding carboxylic acids is 1. The molecule has 23 heavy (non-hydrogen) atoms. The van der Waals surface area contributed by atoms with E-state index in [1.54, 1.807) is 47.5 Å². The summed E-state index contributed by atoms with van der Waals surface area (Å²) in [6.45, 7) is 1.06. The summed E-state index contributed by atoms with van der Waals surface area (Å²) >= 11 is 0. The summed E-state index contributed by atoms with van der Waals surface area (Å²) in [6.07, 6.45) is 4.69. The third-order valence-corrected chi connectivity index (χ3v) is 3.05. The van der Waals surface area contributed by atoms with Crippen LogP contribution in [0.25, 0.3) is 0 Å². The predicted molar refractivity (Wildman–Crippen MR) is 84.1 cm³/mol. The minimum absolute atomic E-state index is 0.259. The molecule has 1 N–H and O–H groups in total. The summed E-state index contributed by atoms with van der Waals surface area (Å²) in [5, 5.41) is 6.79. The Morgan fingerprint density at radius 3 is 2.96 bits per heavy atom. The molecule has 0 fully saturated rings. The highest BCUT2D eigenvalue weighted by Crippen LogP contribution is 2.18. The number of ether oxygens (including phenoxy) is 1. The fourth-order valence-corrected chi connectivity index (χ4v) is 1.96. The van der Waals surface area contributed by atoms with Crippen LogP contribution in [0.4, 0.5) is 5.69 Å². The number of pyridine rings is 1. The summed E-state index contributed by atoms with van der Waals surface area (Å²) in [7, 11) is 0. The van der Waals surface area contributed by atoms with Crippen LogP contribution in [-0.4, -0.2) is 32.3 Å². The van der Waals surface area contributed by atoms with E-state index in [1.165, 1.54) is 6.33 Å². The molecule has 0 radical (unpaired) electrons. The number of carbonyl (C=O) groups is 1. The van der Waals surface area contributed by atoms with Gasteiger partial charge in [0.25, 0.3) is 5.91 Å². The van der Waals surface area contributed by atoms with Crippen molar-refractivity contribution in [1.29, 1.82) is 0 Å². The standard InChI is InChI=1S/C16H15N5O2/c22-16(15-6-1-2-7-18-15)20-13-4-3-5-14(10-13)23-9-8-21-12-17-11-19-21/h1-7,10-12H,8-9H2,(H,20,22). The summed E-state index contributed by atoms with van der Waals surface area (Å²) in [6, 6.07) is 12.4. The van der Waals surface area contributed by atoms with Crippen LogP contribution in [0, 0.1) is 0 Å². The number of aromatic nitrogens is 4. The molecule has 3 aromatic rings. The van der Waals surface area contributed by atoms with Crippen molar-refractivity contribution < 1.29 is 9.53 Å². The Morgan fingerprint density at radius 1 is 1.22 bits per heavy atom. The third-order valence-electron chi connectivity index (χ3n) is 3.05. The number of hydrogen-bond acceptors (Lipinski definition) is 5. The van der Waals surface area contributed by atoms with E-state index in [0.29, 0.717) is 30.3 Å². The molecule has 0 aliphatic heterocycles. The molecule has 116 valence electrons. The quantitative estimate of drug-likeness (QED) is 0.753. The Morgan fingerprint density at radius 2 is 2.17 bits per heavy atom. The number of rotatable bonds is 6. The minimum atomic E-state index is -0.259. The van der Waals surface area contributed by atoms with Crippen LogP contribution >= 0.6 is 0 Å². The number of nitrogens with one attached hydrogen (secondary N) is 1. The van der Waals surface area contributed by atoms with Crippen molar-refractivity contribution in [1.82, 2.24) is 19.7 Å². The Bertz CT molecular complexity index is 759. The molecule has 3 rings (SSSR count). The van der Waals surface area contributed by atoms with Crippen molar-refractivity contribution in [3.63, 3.8) is 0 Å². The molecule has 0 bridgehead atoms. The predicted octanol–water partition coefficient (Wildman–Crippen LogP) is 2.00. The van der Waals surface area contributed by atoms with E-state index in [4.69, 9.17) is 4.74 Å². The molecule has 0 aliphatic rings. The highest BCUT2D eigenvalue weighted by Gasteiger charge is 2.07. The number of hydrogen-bond donors (Lipinski definition) is 1. The highest BCUT2D eigenvalue weighted by atomic mass is 16.5. The van der Waals surface area contributed by atoms with Crippen molar-refractivity contribution in [3.05, 3.63) is 67.0 Å². The molecule has 0 atom stereocenters. The lowest BCUT2D eigenvalue weighted by atomic mass is 10.2. The maximum atomic E-state index is 12.1. The van der Waals surface area contributed by atoms with Crippen LogP contribution in [0.2, 0.25) is 0 Å². The van der Waals surface area contributed by atoms with E-state index in [0.717, 1.165) is 0 Å². The summed E-state index contributed by atoms with van der Waals surface area (Å²) < 4.78 is 7.34. The van der Waals surface area contributed by atoms with Crippen LogP contribution in [-0.2, 0) is 6.54 Å². The van der Waals surface area contributed by atoms with Gasteiger partial charge in [-0.15, -0.1) is 0 Å². The molecular formula is C16H15N5O2. The lowest BCUT2D eigenvalue weighted by molar-refractivity contribution is 0.102. The number of anilines is 1. The van der Waals surface area contributed by atoms with Gasteiger partial charge in [0.1, 0.15) is 30.7 Å². The molecule has 0 saturated carbocycles. The molecule has 0 unspecified atom stereocenters. The Hall–Kier alpha value is -3.22. The summed E-state index contributed by atoms with van der Waals surface area (Å²) in [4.78, 5) is 19.9. The Balaban J connectivity index is 1.57. The van der Waals surface area contributed by atoms with Gasteiger partial charge in [0.05, 0.1) is 6.54 Å². The largest absolute Gasteiger partial charge is 0.492 e. The fourth-order valence-electron chi connectivity index (χ4n) is 1.96. The van der Waals surface area contributed by atoms with Crippen LogP contribution in [0.15, 0.2) is 61.3 Å². The number of amides is 1. The zero-order valence-electron chi connectivity index (χ0n) is 12.3. The molecule has 2 heterocycles. The van der Waals surface area contributed by atoms with E-state index in [2.05, 4.69) is 20.4 Å². The molecule has 7 heteroatoms. The molecule has 2 aromatic heterocycles. The van der Waals surface area contributed by atoms with Crippen molar-refractivity contribution in [2.24, 2.45) is 0 Å². The van der Waals surface area contributed by atoms with Gasteiger partial charge in [-0.2, -0.15) is 5.10 Å². The van der Waals surface area contributed by atoms with Gasteiger partial charge in [0.2, 0.25) is 0 Å². The van der Waals surface area contributed by atoms with Gasteiger partial charge >= 0.3 is 0 Å². The molecule has 0 aliphatic carbocycles. The molecule has 7 nitrogen and oxygen atoms in total. The minimum Gasteiger partial charge on any atom is -0.492 e. The monoisotopic (exact) mass is 309 g/mol. The summed E-state index contributed by atoms with van der Waals surface area (Å²) in [5.41, 5.74) is 1.02. The van der Waals surface area contributed by atoms with Gasteiger partial charge in [-0.05, 0) is 24.3 Å². The van der Waals surface area contributed by atoms with Crippen LogP contribution < -0.4 is 10.1 Å². The maximum Gasteiger partial charge on any atom is 0.274 e. The highest BCUT2D eigenvalue weighted by molar-refractivity contribution is 6.02. The number of benzene rings is 1. The fraction of sp³-hybridized carbons (Fsp3) is 0.125. The Labute approximate surface area is 133 Å². The Kier molecular flexibility index (Phi) is 4.58. The van der Waals surface area contributed by atoms with Crippen LogP contribution in [0.3, 0.4) is 0 Å². The smallest absolute Gasteiger partial charge is 0.274 e. The first-order valence-electron chi connectivity index (χ1n) is 7.09. The molecule has 0 spiro atoms. The van der Waals surface area contributed by atoms with Crippen molar-refractivity contribution in [2.75, 3.05) is 11.9 Å². The average molecular weight is 309 g/mol. The van der Waals surface area contributed by atoms with Gasteiger partial charge in [-0.3, -0.25) is 9.78 Å². The molecule has 1 aromatic carbocycles. The first-order valence-corrected chi connectivity index (χ1v) is 7.09. The zero-order valence-corrected chi connectivity index (χ0v) is 12.3. The first-order chi connectivity index (χ1) is 11.3. The van der Waals surface area contributed by atoms with Crippen molar-refractivity contribution in [3.8, 4) is 5.75 Å². The van der Waals surface area contributed by atoms with E-state index >= 15 is 0 Å². The summed E-state index contributed by atoms with van der Waals surface area (Å²) in [5.74, 6) is 0.411. The lowest BCUT2D eigenvalue weighted by Gasteiger charge is -2.09. The first kappa shape index (κ1) is 14.7. The number of nitrogens with zero attached hydrogens (tertiary/aromatic N) is 4. The topological polar surface area (TPSA) is 81.9 Å². The normalized spacial score (nSPS) is 10.3. The molecular weight excluding hydrogens is 294 g/mol. The maximum absolute atomic E-state index is 12.1. The van der Waals surface area contributed by atoms with Crippen molar-refractivity contribution >= 4 is 11.6 Å². The second-order valence-corrected chi connectivity index (χ2v) is 4.70. The molecule has 0 saturated heterocycles. The second-order valence-electron chi connectivity index (χ2n) is 4.70. The third kappa shape index (κ3) is 4.13. The van der Waals surface area contributed by atoms with Crippen molar-refractivity contribution in [2.45, 2.75) is 6.54 Å². The van der Waals surface area contributed by atoms with E-state index in [9.17, 15) is 4.79 Å². The second kappa shape index (κ2) is 7.17. The van der Waals surface area contributed by atoms with Crippen LogP contribution in [0.5, 0.6) is 5.75 Å².